The molecule has 2 aromatic heterocycles. The predicted molar refractivity (Wildman–Crippen MR) is 75.3 cm³/mol. The third-order valence-corrected chi connectivity index (χ3v) is 3.25. The van der Waals surface area contributed by atoms with Crippen molar-refractivity contribution >= 4 is 5.91 Å². The van der Waals surface area contributed by atoms with Gasteiger partial charge in [-0.3, -0.25) is 20.2 Å². The molecule has 0 atom stereocenters. The van der Waals surface area contributed by atoms with E-state index in [1.54, 1.807) is 13.0 Å². The quantitative estimate of drug-likeness (QED) is 0.362. The number of hydrogen-bond donors (Lipinski definition) is 4. The van der Waals surface area contributed by atoms with Crippen LogP contribution in [0.1, 0.15) is 32.7 Å². The van der Waals surface area contributed by atoms with E-state index in [0.29, 0.717) is 27.9 Å². The average molecular weight is 288 g/mol. The van der Waals surface area contributed by atoms with Gasteiger partial charge >= 0.3 is 0 Å². The van der Waals surface area contributed by atoms with E-state index in [1.807, 2.05) is 0 Å². The number of pyridine rings is 2. The van der Waals surface area contributed by atoms with Crippen LogP contribution in [-0.2, 0) is 13.0 Å². The number of aliphatic hydroxyl groups is 1. The Kier molecular flexibility index (Phi) is 4.46. The van der Waals surface area contributed by atoms with Gasteiger partial charge in [0.1, 0.15) is 5.75 Å². The van der Waals surface area contributed by atoms with Gasteiger partial charge in [0.25, 0.3) is 5.91 Å². The Morgan fingerprint density at radius 1 is 1.38 bits per heavy atom. The summed E-state index contributed by atoms with van der Waals surface area (Å²) < 4.78 is 0. The number of aryl methyl sites for hydroxylation is 1. The van der Waals surface area contributed by atoms with Crippen LogP contribution >= 0.6 is 0 Å². The zero-order valence-electron chi connectivity index (χ0n) is 11.5. The molecule has 2 rings (SSSR count). The lowest BCUT2D eigenvalue weighted by molar-refractivity contribution is 0.0952. The monoisotopic (exact) mass is 288 g/mol. The fourth-order valence-corrected chi connectivity index (χ4v) is 2.08. The molecule has 7 nitrogen and oxygen atoms in total. The fraction of sp³-hybridized carbons (Fsp3) is 0.214. The molecule has 0 bridgehead atoms. The first-order valence-electron chi connectivity index (χ1n) is 6.29. The van der Waals surface area contributed by atoms with Crippen LogP contribution in [0.2, 0.25) is 0 Å². The number of carbonyl (C=O) groups is 1. The summed E-state index contributed by atoms with van der Waals surface area (Å²) in [5, 5.41) is 19.5. The summed E-state index contributed by atoms with van der Waals surface area (Å²) in [5.41, 5.74) is 4.50. The van der Waals surface area contributed by atoms with Gasteiger partial charge in [0.05, 0.1) is 12.3 Å². The number of aliphatic hydroxyl groups excluding tert-OH is 1. The third-order valence-electron chi connectivity index (χ3n) is 3.25. The number of aromatic hydroxyl groups is 1. The molecule has 2 heterocycles. The van der Waals surface area contributed by atoms with Gasteiger partial charge in [-0.05, 0) is 18.6 Å². The van der Waals surface area contributed by atoms with Gasteiger partial charge in [0.2, 0.25) is 0 Å². The van der Waals surface area contributed by atoms with Crippen molar-refractivity contribution in [2.75, 3.05) is 0 Å². The predicted octanol–water partition coefficient (Wildman–Crippen LogP) is 0.177. The van der Waals surface area contributed by atoms with Gasteiger partial charge in [-0.15, -0.1) is 0 Å². The largest absolute Gasteiger partial charge is 0.506 e. The second-order valence-electron chi connectivity index (χ2n) is 4.54. The Morgan fingerprint density at radius 3 is 2.81 bits per heavy atom. The van der Waals surface area contributed by atoms with Gasteiger partial charge in [0.15, 0.2) is 0 Å². The van der Waals surface area contributed by atoms with Crippen LogP contribution in [0.25, 0.3) is 0 Å². The third kappa shape index (κ3) is 2.99. The van der Waals surface area contributed by atoms with Crippen LogP contribution in [0.5, 0.6) is 5.75 Å². The summed E-state index contributed by atoms with van der Waals surface area (Å²) in [6.07, 6.45) is 4.75. The maximum atomic E-state index is 11.7. The first kappa shape index (κ1) is 14.9. The number of nitrogens with zero attached hydrogens (tertiary/aromatic N) is 2. The lowest BCUT2D eigenvalue weighted by Crippen LogP contribution is -2.30. The zero-order valence-corrected chi connectivity index (χ0v) is 11.5. The molecule has 110 valence electrons. The minimum atomic E-state index is -0.441. The number of aromatic nitrogens is 2. The lowest BCUT2D eigenvalue weighted by atomic mass is 9.97. The molecule has 0 aliphatic rings. The van der Waals surface area contributed by atoms with E-state index in [4.69, 9.17) is 5.84 Å². The molecule has 0 fully saturated rings. The van der Waals surface area contributed by atoms with E-state index in [9.17, 15) is 15.0 Å². The van der Waals surface area contributed by atoms with Gasteiger partial charge < -0.3 is 10.2 Å². The van der Waals surface area contributed by atoms with Crippen molar-refractivity contribution in [1.29, 1.82) is 0 Å². The number of rotatable bonds is 4. The fourth-order valence-electron chi connectivity index (χ4n) is 2.08. The van der Waals surface area contributed by atoms with Crippen LogP contribution in [0, 0.1) is 6.92 Å². The van der Waals surface area contributed by atoms with Crippen molar-refractivity contribution in [2.24, 2.45) is 5.84 Å². The number of amides is 1. The first-order valence-corrected chi connectivity index (χ1v) is 6.29. The highest BCUT2D eigenvalue weighted by Crippen LogP contribution is 2.27. The molecular weight excluding hydrogens is 272 g/mol. The summed E-state index contributed by atoms with van der Waals surface area (Å²) in [7, 11) is 0. The van der Waals surface area contributed by atoms with Crippen molar-refractivity contribution in [3.8, 4) is 5.75 Å². The second-order valence-corrected chi connectivity index (χ2v) is 4.54. The molecule has 0 aliphatic heterocycles. The number of nitrogen functional groups attached to an aromatic ring is 1. The molecule has 7 heteroatoms. The number of hydrogen-bond acceptors (Lipinski definition) is 6. The van der Waals surface area contributed by atoms with Crippen molar-refractivity contribution < 1.29 is 15.0 Å². The molecule has 0 aliphatic carbocycles. The number of carbonyl (C=O) groups excluding carboxylic acids is 1. The van der Waals surface area contributed by atoms with E-state index < -0.39 is 5.91 Å². The smallest absolute Gasteiger partial charge is 0.265 e. The van der Waals surface area contributed by atoms with Gasteiger partial charge in [-0.25, -0.2) is 5.84 Å². The summed E-state index contributed by atoms with van der Waals surface area (Å²) in [4.78, 5) is 19.7. The minimum absolute atomic E-state index is 0.00418. The second kappa shape index (κ2) is 6.29. The maximum Gasteiger partial charge on any atom is 0.265 e. The Balaban J connectivity index is 2.48. The minimum Gasteiger partial charge on any atom is -0.506 e. The maximum absolute atomic E-state index is 11.7. The van der Waals surface area contributed by atoms with Crippen molar-refractivity contribution in [3.05, 3.63) is 52.6 Å². The highest BCUT2D eigenvalue weighted by molar-refractivity contribution is 5.95. The van der Waals surface area contributed by atoms with Crippen LogP contribution in [-0.4, -0.2) is 26.1 Å². The summed E-state index contributed by atoms with van der Waals surface area (Å²) in [6, 6.07) is 1.54. The van der Waals surface area contributed by atoms with Crippen molar-refractivity contribution in [2.45, 2.75) is 20.0 Å². The lowest BCUT2D eigenvalue weighted by Gasteiger charge is -2.13. The molecule has 0 radical (unpaired) electrons. The van der Waals surface area contributed by atoms with Gasteiger partial charge in [0, 0.05) is 41.7 Å². The highest BCUT2D eigenvalue weighted by atomic mass is 16.3. The molecule has 5 N–H and O–H groups in total. The Hall–Kier alpha value is -2.51. The van der Waals surface area contributed by atoms with E-state index in [0.717, 1.165) is 0 Å². The number of nitrogens with two attached hydrogens (primary N) is 1. The van der Waals surface area contributed by atoms with Gasteiger partial charge in [-0.1, -0.05) is 0 Å². The van der Waals surface area contributed by atoms with E-state index in [1.165, 1.54) is 18.6 Å². The molecule has 0 aromatic carbocycles. The summed E-state index contributed by atoms with van der Waals surface area (Å²) in [5.74, 6) is 4.72. The molecule has 0 saturated carbocycles. The van der Waals surface area contributed by atoms with Crippen LogP contribution in [0.4, 0.5) is 0 Å². The van der Waals surface area contributed by atoms with Crippen LogP contribution < -0.4 is 11.3 Å². The molecule has 1 amide bonds. The van der Waals surface area contributed by atoms with E-state index >= 15 is 0 Å². The standard InChI is InChI=1S/C14H16N4O3/c1-8-13(20)12(10(7-19)6-17-8)4-9-5-16-3-2-11(9)14(21)18-15/h2-3,5-6,19-20H,4,7,15H2,1H3,(H,18,21). The van der Waals surface area contributed by atoms with Crippen LogP contribution in [0.15, 0.2) is 24.7 Å². The molecular formula is C14H16N4O3. The molecule has 0 spiro atoms. The van der Waals surface area contributed by atoms with E-state index in [2.05, 4.69) is 15.4 Å². The first-order chi connectivity index (χ1) is 10.1. The number of nitrogens with one attached hydrogen (secondary N) is 1. The summed E-state index contributed by atoms with van der Waals surface area (Å²) >= 11 is 0. The van der Waals surface area contributed by atoms with Crippen LogP contribution in [0.3, 0.4) is 0 Å². The normalized spacial score (nSPS) is 10.4. The van der Waals surface area contributed by atoms with E-state index in [-0.39, 0.29) is 18.8 Å². The zero-order chi connectivity index (χ0) is 15.4. The van der Waals surface area contributed by atoms with Crippen molar-refractivity contribution in [1.82, 2.24) is 15.4 Å². The Labute approximate surface area is 121 Å². The SMILES string of the molecule is Cc1ncc(CO)c(Cc2cnccc2C(=O)NN)c1O. The van der Waals surface area contributed by atoms with Crippen molar-refractivity contribution in [3.63, 3.8) is 0 Å². The van der Waals surface area contributed by atoms with Gasteiger partial charge in [-0.2, -0.15) is 0 Å². The Morgan fingerprint density at radius 2 is 2.14 bits per heavy atom. The average Bonchev–Trinajstić information content (AvgIpc) is 2.52. The molecule has 0 saturated heterocycles. The molecule has 0 unspecified atom stereocenters. The summed E-state index contributed by atoms with van der Waals surface area (Å²) in [6.45, 7) is 1.41. The highest BCUT2D eigenvalue weighted by Gasteiger charge is 2.16. The Bertz CT molecular complexity index is 673. The number of hydrazine groups is 1. The molecule has 2 aromatic rings. The topological polar surface area (TPSA) is 121 Å². The molecule has 21 heavy (non-hydrogen) atoms.